The number of hydrogen-bond donors (Lipinski definition) is 1. The van der Waals surface area contributed by atoms with Crippen LogP contribution in [-0.2, 0) is 26.2 Å². The number of ketones is 1. The first-order chi connectivity index (χ1) is 20.7. The van der Waals surface area contributed by atoms with Crippen LogP contribution >= 0.6 is 0 Å². The fourth-order valence-corrected chi connectivity index (χ4v) is 8.73. The van der Waals surface area contributed by atoms with E-state index in [0.717, 1.165) is 49.8 Å². The molecule has 1 amide bonds. The molecule has 1 spiro atoms. The van der Waals surface area contributed by atoms with E-state index in [0.29, 0.717) is 32.4 Å². The second kappa shape index (κ2) is 13.7. The van der Waals surface area contributed by atoms with Crippen LogP contribution in [0.15, 0.2) is 71.6 Å². The quantitative estimate of drug-likeness (QED) is 0.481. The van der Waals surface area contributed by atoms with E-state index in [4.69, 9.17) is 4.74 Å². The van der Waals surface area contributed by atoms with Gasteiger partial charge in [0.2, 0.25) is 15.9 Å². The first-order valence-electron chi connectivity index (χ1n) is 15.6. The van der Waals surface area contributed by atoms with Gasteiger partial charge < -0.3 is 14.7 Å². The Bertz CT molecular complexity index is 1390. The summed E-state index contributed by atoms with van der Waals surface area (Å²) in [6, 6.07) is 15.9. The highest BCUT2D eigenvalue weighted by atomic mass is 32.2. The largest absolute Gasteiger partial charge is 0.497 e. The molecular formula is C34H44N2O6S. The van der Waals surface area contributed by atoms with Crippen LogP contribution in [0.5, 0.6) is 5.75 Å². The van der Waals surface area contributed by atoms with Gasteiger partial charge in [-0.3, -0.25) is 9.59 Å². The zero-order chi connectivity index (χ0) is 30.5. The van der Waals surface area contributed by atoms with Crippen molar-refractivity contribution in [3.05, 3.63) is 72.3 Å². The number of nitrogens with zero attached hydrogens (tertiary/aromatic N) is 2. The van der Waals surface area contributed by atoms with Gasteiger partial charge in [0, 0.05) is 32.6 Å². The molecule has 1 saturated carbocycles. The fraction of sp³-hybridized carbons (Fsp3) is 0.529. The van der Waals surface area contributed by atoms with E-state index in [2.05, 4.69) is 12.2 Å². The summed E-state index contributed by atoms with van der Waals surface area (Å²) in [7, 11) is -2.30. The van der Waals surface area contributed by atoms with Gasteiger partial charge in [0.1, 0.15) is 11.5 Å². The van der Waals surface area contributed by atoms with E-state index >= 15 is 0 Å². The molecule has 0 aromatic heterocycles. The van der Waals surface area contributed by atoms with Crippen molar-refractivity contribution >= 4 is 21.7 Å². The highest BCUT2D eigenvalue weighted by Crippen LogP contribution is 2.50. The SMILES string of the molecule is COc1ccc(CN2C[C@]34CCCC/C=C\CCCCN(S(=O)(=O)c5ccccc5)CC(O)C(C(=O)C3)[C@@H](C4)C2=O)cc1. The Morgan fingerprint density at radius 2 is 1.65 bits per heavy atom. The zero-order valence-corrected chi connectivity index (χ0v) is 25.9. The van der Waals surface area contributed by atoms with Crippen molar-refractivity contribution in [1.29, 1.82) is 0 Å². The van der Waals surface area contributed by atoms with Gasteiger partial charge in [-0.1, -0.05) is 48.9 Å². The van der Waals surface area contributed by atoms with Crippen molar-refractivity contribution in [2.24, 2.45) is 17.3 Å². The molecular weight excluding hydrogens is 564 g/mol. The Kier molecular flexibility index (Phi) is 10.0. The Labute approximate surface area is 255 Å². The predicted octanol–water partition coefficient (Wildman–Crippen LogP) is 4.97. The van der Waals surface area contributed by atoms with Gasteiger partial charge in [-0.25, -0.2) is 8.42 Å². The van der Waals surface area contributed by atoms with Crippen molar-refractivity contribution in [2.75, 3.05) is 26.7 Å². The molecule has 1 saturated heterocycles. The van der Waals surface area contributed by atoms with Crippen molar-refractivity contribution in [3.8, 4) is 5.75 Å². The summed E-state index contributed by atoms with van der Waals surface area (Å²) in [5, 5.41) is 11.6. The third-order valence-corrected chi connectivity index (χ3v) is 11.3. The number of benzene rings is 2. The average molecular weight is 609 g/mol. The summed E-state index contributed by atoms with van der Waals surface area (Å²) in [6.45, 7) is 0.927. The number of aliphatic hydroxyl groups is 1. The van der Waals surface area contributed by atoms with Gasteiger partial charge >= 0.3 is 0 Å². The number of aliphatic hydroxyl groups excluding tert-OH is 1. The van der Waals surface area contributed by atoms with E-state index in [-0.39, 0.29) is 35.1 Å². The van der Waals surface area contributed by atoms with Crippen LogP contribution in [0.25, 0.3) is 0 Å². The van der Waals surface area contributed by atoms with Gasteiger partial charge in [-0.15, -0.1) is 0 Å². The van der Waals surface area contributed by atoms with Crippen LogP contribution in [0, 0.1) is 17.3 Å². The van der Waals surface area contributed by atoms with E-state index < -0.39 is 28.0 Å². The molecule has 2 aromatic rings. The molecule has 6 rings (SSSR count). The minimum absolute atomic E-state index is 0.123. The lowest BCUT2D eigenvalue weighted by Crippen LogP contribution is -2.60. The summed E-state index contributed by atoms with van der Waals surface area (Å²) in [4.78, 5) is 29.9. The number of ether oxygens (including phenoxy) is 1. The predicted molar refractivity (Wildman–Crippen MR) is 165 cm³/mol. The number of rotatable bonds is 5. The Balaban J connectivity index is 1.46. The van der Waals surface area contributed by atoms with Crippen LogP contribution in [-0.4, -0.2) is 67.3 Å². The second-order valence-electron chi connectivity index (χ2n) is 12.5. The summed E-state index contributed by atoms with van der Waals surface area (Å²) in [5.74, 6) is -1.14. The molecule has 3 heterocycles. The van der Waals surface area contributed by atoms with Gasteiger partial charge in [0.25, 0.3) is 0 Å². The van der Waals surface area contributed by atoms with Gasteiger partial charge in [-0.2, -0.15) is 4.31 Å². The lowest BCUT2D eigenvalue weighted by atomic mass is 9.58. The smallest absolute Gasteiger partial charge is 0.243 e. The lowest BCUT2D eigenvalue weighted by molar-refractivity contribution is -0.164. The van der Waals surface area contributed by atoms with E-state index in [9.17, 15) is 23.1 Å². The first-order valence-corrected chi connectivity index (χ1v) is 17.0. The molecule has 2 unspecified atom stereocenters. The molecule has 2 fully saturated rings. The Morgan fingerprint density at radius 1 is 0.953 bits per heavy atom. The summed E-state index contributed by atoms with van der Waals surface area (Å²) in [6.07, 6.45) is 10.0. The van der Waals surface area contributed by atoms with Crippen molar-refractivity contribution in [2.45, 2.75) is 75.3 Å². The van der Waals surface area contributed by atoms with E-state index in [1.54, 1.807) is 37.4 Å². The number of methoxy groups -OCH3 is 1. The van der Waals surface area contributed by atoms with Crippen molar-refractivity contribution < 1.29 is 27.9 Å². The molecule has 43 heavy (non-hydrogen) atoms. The Hall–Kier alpha value is -3.01. The molecule has 2 aromatic carbocycles. The molecule has 1 N–H and O–H groups in total. The fourth-order valence-electron chi connectivity index (χ4n) is 7.22. The first kappa shape index (κ1) is 31.4. The number of allylic oxidation sites excluding steroid dienone is 2. The maximum absolute atomic E-state index is 14.0. The van der Waals surface area contributed by atoms with Crippen molar-refractivity contribution in [3.63, 3.8) is 0 Å². The molecule has 4 atom stereocenters. The maximum Gasteiger partial charge on any atom is 0.243 e. The number of hydrogen-bond acceptors (Lipinski definition) is 6. The molecule has 4 aliphatic rings. The molecule has 232 valence electrons. The number of amides is 1. The molecule has 1 aliphatic carbocycles. The van der Waals surface area contributed by atoms with E-state index in [1.165, 1.54) is 4.31 Å². The minimum atomic E-state index is -3.91. The van der Waals surface area contributed by atoms with Crippen LogP contribution < -0.4 is 4.74 Å². The normalized spacial score (nSPS) is 28.8. The number of carbonyl (C=O) groups is 2. The molecule has 8 nitrogen and oxygen atoms in total. The maximum atomic E-state index is 14.0. The molecule has 9 heteroatoms. The molecule has 3 aliphatic heterocycles. The zero-order valence-electron chi connectivity index (χ0n) is 25.1. The van der Waals surface area contributed by atoms with Crippen LogP contribution in [0.3, 0.4) is 0 Å². The standard InChI is InChI=1S/C34H44N2O6S/c1-42-27-17-15-26(16-18-27)23-35-25-34-19-11-6-4-2-3-5-7-12-20-36(43(40,41)28-13-9-8-10-14-28)24-31(38)32(30(37)22-34)29(21-34)33(35)39/h2-3,8-10,13-18,29,31-32,38H,4-7,11-12,19-25H2,1H3/b3-2-/t29-,31?,32?,34+/m1/s1. The van der Waals surface area contributed by atoms with Crippen LogP contribution in [0.4, 0.5) is 0 Å². The van der Waals surface area contributed by atoms with Gasteiger partial charge in [-0.05, 0) is 80.2 Å². The highest BCUT2D eigenvalue weighted by molar-refractivity contribution is 7.89. The number of Topliss-reactive ketones (excluding diaryl/α,β-unsaturated/α-hetero) is 1. The van der Waals surface area contributed by atoms with Gasteiger partial charge in [0.15, 0.2) is 0 Å². The van der Waals surface area contributed by atoms with Crippen molar-refractivity contribution in [1.82, 2.24) is 9.21 Å². The number of carbonyl (C=O) groups excluding carboxylic acids is 2. The molecule has 3 bridgehead atoms. The van der Waals surface area contributed by atoms with Gasteiger partial charge in [0.05, 0.1) is 29.9 Å². The number of piperidine rings is 1. The summed E-state index contributed by atoms with van der Waals surface area (Å²) < 4.78 is 34.0. The van der Waals surface area contributed by atoms with Crippen LogP contribution in [0.2, 0.25) is 0 Å². The average Bonchev–Trinajstić information content (AvgIpc) is 3.00. The monoisotopic (exact) mass is 608 g/mol. The second-order valence-corrected chi connectivity index (χ2v) is 14.4. The highest BCUT2D eigenvalue weighted by Gasteiger charge is 2.55. The third kappa shape index (κ3) is 7.21. The summed E-state index contributed by atoms with van der Waals surface area (Å²) in [5.41, 5.74) is 0.627. The Morgan fingerprint density at radius 3 is 2.35 bits per heavy atom. The number of fused-ring (bicyclic) bond motifs is 12. The topological polar surface area (TPSA) is 104 Å². The number of likely N-dealkylation sites (tertiary alicyclic amines) is 1. The van der Waals surface area contributed by atoms with Crippen LogP contribution in [0.1, 0.15) is 63.4 Å². The summed E-state index contributed by atoms with van der Waals surface area (Å²) >= 11 is 0. The lowest BCUT2D eigenvalue weighted by Gasteiger charge is -2.52. The van der Waals surface area contributed by atoms with E-state index in [1.807, 2.05) is 29.2 Å². The minimum Gasteiger partial charge on any atom is -0.497 e. The number of sulfonamides is 1. The molecule has 0 radical (unpaired) electrons. The third-order valence-electron chi connectivity index (χ3n) is 9.40.